The van der Waals surface area contributed by atoms with Gasteiger partial charge in [-0.2, -0.15) is 11.3 Å². The van der Waals surface area contributed by atoms with E-state index in [1.165, 1.54) is 11.1 Å². The Kier molecular flexibility index (Phi) is 3.20. The number of fused-ring (bicyclic) bond motifs is 1. The second-order valence-electron chi connectivity index (χ2n) is 3.91. The summed E-state index contributed by atoms with van der Waals surface area (Å²) in [4.78, 5) is 9.37. The summed E-state index contributed by atoms with van der Waals surface area (Å²) in [5.74, 6) is 0.803. The highest BCUT2D eigenvalue weighted by Crippen LogP contribution is 2.27. The molecule has 0 amide bonds. The second kappa shape index (κ2) is 4.84. The molecule has 0 fully saturated rings. The minimum absolute atomic E-state index is 0.287. The summed E-state index contributed by atoms with van der Waals surface area (Å²) in [6.07, 6.45) is 0. The first-order chi connectivity index (χ1) is 8.74. The van der Waals surface area contributed by atoms with E-state index >= 15 is 0 Å². The van der Waals surface area contributed by atoms with E-state index in [1.807, 2.05) is 11.4 Å². The molecule has 0 aliphatic rings. The molecule has 18 heavy (non-hydrogen) atoms. The quantitative estimate of drug-likeness (QED) is 0.731. The highest BCUT2D eigenvalue weighted by molar-refractivity contribution is 7.16. The van der Waals surface area contributed by atoms with Crippen molar-refractivity contribution in [2.24, 2.45) is 0 Å². The third-order valence-corrected chi connectivity index (χ3v) is 4.59. The maximum Gasteiger partial charge on any atom is 0.225 e. The fourth-order valence-corrected chi connectivity index (χ4v) is 3.55. The molecule has 0 saturated heterocycles. The van der Waals surface area contributed by atoms with Crippen LogP contribution in [0.2, 0.25) is 5.28 Å². The Balaban J connectivity index is 1.90. The normalized spacial score (nSPS) is 11.0. The first-order valence-electron chi connectivity index (χ1n) is 5.40. The van der Waals surface area contributed by atoms with E-state index < -0.39 is 0 Å². The number of thiophene rings is 2. The zero-order valence-corrected chi connectivity index (χ0v) is 12.0. The third kappa shape index (κ3) is 2.21. The molecule has 3 nitrogen and oxygen atoms in total. The lowest BCUT2D eigenvalue weighted by molar-refractivity contribution is 1.10. The molecule has 0 aliphatic heterocycles. The first kappa shape index (κ1) is 11.9. The largest absolute Gasteiger partial charge is 0.365 e. The molecule has 0 atom stereocenters. The Hall–Kier alpha value is -1.17. The summed E-state index contributed by atoms with van der Waals surface area (Å²) in [7, 11) is 0. The number of aryl methyl sites for hydroxylation is 1. The molecule has 0 aromatic carbocycles. The van der Waals surface area contributed by atoms with E-state index in [4.69, 9.17) is 11.6 Å². The smallest absolute Gasteiger partial charge is 0.225 e. The number of anilines is 1. The van der Waals surface area contributed by atoms with Gasteiger partial charge in [-0.3, -0.25) is 0 Å². The van der Waals surface area contributed by atoms with Crippen molar-refractivity contribution in [3.8, 4) is 0 Å². The van der Waals surface area contributed by atoms with Crippen molar-refractivity contribution in [1.29, 1.82) is 0 Å². The minimum Gasteiger partial charge on any atom is -0.365 e. The molecule has 6 heteroatoms. The van der Waals surface area contributed by atoms with Crippen LogP contribution in [0.1, 0.15) is 11.1 Å². The molecule has 92 valence electrons. The van der Waals surface area contributed by atoms with E-state index in [0.717, 1.165) is 22.6 Å². The number of hydrogen-bond donors (Lipinski definition) is 1. The van der Waals surface area contributed by atoms with Crippen LogP contribution in [0, 0.1) is 6.92 Å². The van der Waals surface area contributed by atoms with Crippen LogP contribution in [0.5, 0.6) is 0 Å². The SMILES string of the molecule is Cc1cscc1CNc1nc(Cl)nc2sccc12. The van der Waals surface area contributed by atoms with Gasteiger partial charge in [-0.25, -0.2) is 9.97 Å². The van der Waals surface area contributed by atoms with Crippen LogP contribution in [0.15, 0.2) is 22.2 Å². The highest BCUT2D eigenvalue weighted by atomic mass is 35.5. The molecular formula is C12H10ClN3S2. The number of hydrogen-bond acceptors (Lipinski definition) is 5. The van der Waals surface area contributed by atoms with E-state index in [-0.39, 0.29) is 5.28 Å². The molecular weight excluding hydrogens is 286 g/mol. The van der Waals surface area contributed by atoms with Crippen LogP contribution in [0.4, 0.5) is 5.82 Å². The predicted molar refractivity (Wildman–Crippen MR) is 78.8 cm³/mol. The van der Waals surface area contributed by atoms with Crippen LogP contribution < -0.4 is 5.32 Å². The second-order valence-corrected chi connectivity index (χ2v) is 5.89. The minimum atomic E-state index is 0.287. The zero-order valence-electron chi connectivity index (χ0n) is 9.61. The van der Waals surface area contributed by atoms with Crippen molar-refractivity contribution in [3.05, 3.63) is 38.6 Å². The average molecular weight is 296 g/mol. The molecule has 0 unspecified atom stereocenters. The summed E-state index contributed by atoms with van der Waals surface area (Å²) in [5.41, 5.74) is 2.59. The van der Waals surface area contributed by atoms with Gasteiger partial charge >= 0.3 is 0 Å². The Morgan fingerprint density at radius 1 is 1.33 bits per heavy atom. The van der Waals surface area contributed by atoms with E-state index in [9.17, 15) is 0 Å². The lowest BCUT2D eigenvalue weighted by Gasteiger charge is -2.06. The van der Waals surface area contributed by atoms with Crippen LogP contribution in [-0.4, -0.2) is 9.97 Å². The van der Waals surface area contributed by atoms with Crippen molar-refractivity contribution in [3.63, 3.8) is 0 Å². The molecule has 1 N–H and O–H groups in total. The highest BCUT2D eigenvalue weighted by Gasteiger charge is 2.08. The van der Waals surface area contributed by atoms with Gasteiger partial charge in [0.25, 0.3) is 0 Å². The fourth-order valence-electron chi connectivity index (χ4n) is 1.71. The van der Waals surface area contributed by atoms with Gasteiger partial charge in [0, 0.05) is 6.54 Å². The average Bonchev–Trinajstić information content (AvgIpc) is 2.94. The number of nitrogens with zero attached hydrogens (tertiary/aromatic N) is 2. The number of halogens is 1. The van der Waals surface area contributed by atoms with Gasteiger partial charge in [-0.15, -0.1) is 11.3 Å². The summed E-state index contributed by atoms with van der Waals surface area (Å²) in [6, 6.07) is 2.01. The summed E-state index contributed by atoms with van der Waals surface area (Å²) in [6.45, 7) is 2.87. The molecule has 0 spiro atoms. The molecule has 3 aromatic rings. The van der Waals surface area contributed by atoms with Gasteiger partial charge in [0.15, 0.2) is 0 Å². The van der Waals surface area contributed by atoms with Crippen molar-refractivity contribution < 1.29 is 0 Å². The van der Waals surface area contributed by atoms with Crippen LogP contribution in [0.3, 0.4) is 0 Å². The summed E-state index contributed by atoms with van der Waals surface area (Å²) < 4.78 is 0. The van der Waals surface area contributed by atoms with Gasteiger partial charge < -0.3 is 5.32 Å². The molecule has 3 rings (SSSR count). The van der Waals surface area contributed by atoms with Crippen molar-refractivity contribution in [1.82, 2.24) is 9.97 Å². The Morgan fingerprint density at radius 2 is 2.22 bits per heavy atom. The Labute approximate surface area is 117 Å². The molecule has 3 aromatic heterocycles. The molecule has 3 heterocycles. The number of aromatic nitrogens is 2. The Morgan fingerprint density at radius 3 is 3.00 bits per heavy atom. The van der Waals surface area contributed by atoms with Crippen molar-refractivity contribution in [2.75, 3.05) is 5.32 Å². The summed E-state index contributed by atoms with van der Waals surface area (Å²) >= 11 is 9.20. The number of rotatable bonds is 3. The Bertz CT molecular complexity index is 690. The van der Waals surface area contributed by atoms with Crippen LogP contribution in [-0.2, 0) is 6.54 Å². The van der Waals surface area contributed by atoms with Gasteiger partial charge in [-0.1, -0.05) is 0 Å². The van der Waals surface area contributed by atoms with Gasteiger partial charge in [0.1, 0.15) is 10.6 Å². The topological polar surface area (TPSA) is 37.8 Å². The molecule has 0 saturated carbocycles. The zero-order chi connectivity index (χ0) is 12.5. The van der Waals surface area contributed by atoms with E-state index in [1.54, 1.807) is 22.7 Å². The fraction of sp³-hybridized carbons (Fsp3) is 0.167. The maximum atomic E-state index is 5.92. The summed E-state index contributed by atoms with van der Waals surface area (Å²) in [5, 5.41) is 10.9. The standard InChI is InChI=1S/C12H10ClN3S2/c1-7-5-17-6-8(7)4-14-10-9-2-3-18-11(9)16-12(13)15-10/h2-3,5-6H,4H2,1H3,(H,14,15,16). The van der Waals surface area contributed by atoms with Gasteiger partial charge in [0.2, 0.25) is 5.28 Å². The van der Waals surface area contributed by atoms with Gasteiger partial charge in [0.05, 0.1) is 5.39 Å². The lowest BCUT2D eigenvalue weighted by atomic mass is 10.2. The monoisotopic (exact) mass is 295 g/mol. The van der Waals surface area contributed by atoms with Crippen molar-refractivity contribution in [2.45, 2.75) is 13.5 Å². The molecule has 0 radical (unpaired) electrons. The van der Waals surface area contributed by atoms with Crippen LogP contribution in [0.25, 0.3) is 10.2 Å². The van der Waals surface area contributed by atoms with Gasteiger partial charge in [-0.05, 0) is 51.9 Å². The number of nitrogens with one attached hydrogen (secondary N) is 1. The first-order valence-corrected chi connectivity index (χ1v) is 7.60. The maximum absolute atomic E-state index is 5.92. The van der Waals surface area contributed by atoms with Crippen LogP contribution >= 0.6 is 34.3 Å². The van der Waals surface area contributed by atoms with Crippen molar-refractivity contribution >= 4 is 50.3 Å². The third-order valence-electron chi connectivity index (χ3n) is 2.71. The van der Waals surface area contributed by atoms with E-state index in [2.05, 4.69) is 33.0 Å². The lowest BCUT2D eigenvalue weighted by Crippen LogP contribution is -2.02. The predicted octanol–water partition coefficient (Wildman–Crippen LogP) is 4.33. The van der Waals surface area contributed by atoms with E-state index in [0.29, 0.717) is 0 Å². The molecule has 0 bridgehead atoms. The molecule has 0 aliphatic carbocycles.